The van der Waals surface area contributed by atoms with Gasteiger partial charge in [0.05, 0.1) is 19.9 Å². The minimum absolute atomic E-state index is 0.277. The second-order valence-corrected chi connectivity index (χ2v) is 5.17. The van der Waals surface area contributed by atoms with Gasteiger partial charge in [-0.1, -0.05) is 12.1 Å². The first-order chi connectivity index (χ1) is 11.2. The van der Waals surface area contributed by atoms with Crippen LogP contribution in [0.1, 0.15) is 30.4 Å². The fourth-order valence-electron chi connectivity index (χ4n) is 2.44. The first kappa shape index (κ1) is 16.8. The van der Waals surface area contributed by atoms with Crippen LogP contribution in [-0.4, -0.2) is 32.0 Å². The summed E-state index contributed by atoms with van der Waals surface area (Å²) in [6.07, 6.45) is 4.32. The highest BCUT2D eigenvalue weighted by molar-refractivity contribution is 6.03. The van der Waals surface area contributed by atoms with Crippen LogP contribution in [0.15, 0.2) is 47.9 Å². The average Bonchev–Trinajstić information content (AvgIpc) is 2.61. The molecule has 0 N–H and O–H groups in total. The van der Waals surface area contributed by atoms with Crippen LogP contribution in [0, 0.1) is 0 Å². The van der Waals surface area contributed by atoms with E-state index >= 15 is 0 Å². The van der Waals surface area contributed by atoms with Gasteiger partial charge in [0.15, 0.2) is 0 Å². The van der Waals surface area contributed by atoms with Gasteiger partial charge in [-0.2, -0.15) is 0 Å². The van der Waals surface area contributed by atoms with E-state index in [1.165, 1.54) is 5.56 Å². The molecular formula is C18H22N2O3. The Labute approximate surface area is 136 Å². The second-order valence-electron chi connectivity index (χ2n) is 5.17. The van der Waals surface area contributed by atoms with E-state index < -0.39 is 0 Å². The van der Waals surface area contributed by atoms with Gasteiger partial charge in [0.25, 0.3) is 0 Å². The molecule has 0 aliphatic rings. The first-order valence-electron chi connectivity index (χ1n) is 7.42. The van der Waals surface area contributed by atoms with Gasteiger partial charge in [0.1, 0.15) is 18.6 Å². The number of pyridine rings is 1. The minimum Gasteiger partial charge on any atom is -0.497 e. The summed E-state index contributed by atoms with van der Waals surface area (Å²) in [5, 5.41) is 4.20. The highest BCUT2D eigenvalue weighted by Gasteiger charge is 2.16. The zero-order chi connectivity index (χ0) is 16.7. The van der Waals surface area contributed by atoms with Gasteiger partial charge in [0.2, 0.25) is 0 Å². The van der Waals surface area contributed by atoms with E-state index in [0.29, 0.717) is 5.75 Å². The Bertz CT molecular complexity index is 657. The van der Waals surface area contributed by atoms with Crippen molar-refractivity contribution in [2.24, 2.45) is 5.16 Å². The second kappa shape index (κ2) is 8.17. The summed E-state index contributed by atoms with van der Waals surface area (Å²) in [6.45, 7) is 2.15. The van der Waals surface area contributed by atoms with Crippen molar-refractivity contribution in [1.82, 2.24) is 4.98 Å². The molecule has 2 aromatic rings. The molecule has 0 saturated carbocycles. The minimum atomic E-state index is 0.277. The van der Waals surface area contributed by atoms with E-state index in [9.17, 15) is 0 Å². The number of oxime groups is 1. The number of aromatic nitrogens is 1. The standard InChI is InChI=1S/C18H22N2O3/c1-13(14-7-9-19-10-8-14)11-17(20-23-4)16-6-5-15(21-2)12-18(16)22-3/h5-10,12-13H,11H2,1-4H3. The largest absolute Gasteiger partial charge is 0.497 e. The monoisotopic (exact) mass is 314 g/mol. The first-order valence-corrected chi connectivity index (χ1v) is 7.42. The van der Waals surface area contributed by atoms with Gasteiger partial charge >= 0.3 is 0 Å². The zero-order valence-electron chi connectivity index (χ0n) is 13.9. The van der Waals surface area contributed by atoms with Crippen LogP contribution in [0.25, 0.3) is 0 Å². The van der Waals surface area contributed by atoms with Gasteiger partial charge < -0.3 is 14.3 Å². The summed E-state index contributed by atoms with van der Waals surface area (Å²) in [5.41, 5.74) is 2.93. The molecule has 5 nitrogen and oxygen atoms in total. The molecule has 23 heavy (non-hydrogen) atoms. The lowest BCUT2D eigenvalue weighted by molar-refractivity contribution is 0.212. The smallest absolute Gasteiger partial charge is 0.131 e. The molecule has 0 aliphatic heterocycles. The number of hydrogen-bond acceptors (Lipinski definition) is 5. The van der Waals surface area contributed by atoms with E-state index in [-0.39, 0.29) is 5.92 Å². The summed E-state index contributed by atoms with van der Waals surface area (Å²) in [4.78, 5) is 9.10. The molecule has 0 aliphatic carbocycles. The summed E-state index contributed by atoms with van der Waals surface area (Å²) < 4.78 is 10.7. The molecule has 2 rings (SSSR count). The third-order valence-corrected chi connectivity index (χ3v) is 3.70. The predicted molar refractivity (Wildman–Crippen MR) is 90.4 cm³/mol. The number of nitrogens with zero attached hydrogens (tertiary/aromatic N) is 2. The number of methoxy groups -OCH3 is 2. The van der Waals surface area contributed by atoms with Crippen LogP contribution in [0.5, 0.6) is 11.5 Å². The number of ether oxygens (including phenoxy) is 2. The maximum absolute atomic E-state index is 5.48. The Balaban J connectivity index is 2.30. The normalized spacial score (nSPS) is 12.6. The molecule has 1 aromatic carbocycles. The lowest BCUT2D eigenvalue weighted by atomic mass is 9.93. The maximum atomic E-state index is 5.48. The zero-order valence-corrected chi connectivity index (χ0v) is 13.9. The van der Waals surface area contributed by atoms with E-state index in [1.54, 1.807) is 33.7 Å². The lowest BCUT2D eigenvalue weighted by Crippen LogP contribution is -2.09. The molecule has 0 saturated heterocycles. The molecule has 0 amide bonds. The Morgan fingerprint density at radius 3 is 2.43 bits per heavy atom. The van der Waals surface area contributed by atoms with Crippen LogP contribution in [0.4, 0.5) is 0 Å². The molecular weight excluding hydrogens is 292 g/mol. The summed E-state index contributed by atoms with van der Waals surface area (Å²) in [5.74, 6) is 1.73. The van der Waals surface area contributed by atoms with E-state index in [1.807, 2.05) is 30.3 Å². The van der Waals surface area contributed by atoms with Crippen LogP contribution in [0.3, 0.4) is 0 Å². The van der Waals surface area contributed by atoms with Crippen LogP contribution < -0.4 is 9.47 Å². The average molecular weight is 314 g/mol. The number of hydrogen-bond donors (Lipinski definition) is 0. The summed E-state index contributed by atoms with van der Waals surface area (Å²) >= 11 is 0. The molecule has 0 fully saturated rings. The highest BCUT2D eigenvalue weighted by atomic mass is 16.6. The Kier molecular flexibility index (Phi) is 5.97. The Hall–Kier alpha value is -2.56. The Morgan fingerprint density at radius 1 is 1.09 bits per heavy atom. The van der Waals surface area contributed by atoms with Crippen molar-refractivity contribution in [3.05, 3.63) is 53.9 Å². The fourth-order valence-corrected chi connectivity index (χ4v) is 2.44. The van der Waals surface area contributed by atoms with Crippen LogP contribution >= 0.6 is 0 Å². The molecule has 1 unspecified atom stereocenters. The lowest BCUT2D eigenvalue weighted by Gasteiger charge is -2.16. The maximum Gasteiger partial charge on any atom is 0.131 e. The van der Waals surface area contributed by atoms with Gasteiger partial charge in [-0.3, -0.25) is 4.98 Å². The highest BCUT2D eigenvalue weighted by Crippen LogP contribution is 2.29. The number of rotatable bonds is 7. The molecule has 0 radical (unpaired) electrons. The topological polar surface area (TPSA) is 52.9 Å². The molecule has 1 heterocycles. The third kappa shape index (κ3) is 4.22. The molecule has 122 valence electrons. The van der Waals surface area contributed by atoms with Crippen molar-refractivity contribution in [2.75, 3.05) is 21.3 Å². The van der Waals surface area contributed by atoms with Gasteiger partial charge in [-0.15, -0.1) is 0 Å². The van der Waals surface area contributed by atoms with E-state index in [2.05, 4.69) is 17.1 Å². The summed E-state index contributed by atoms with van der Waals surface area (Å²) in [7, 11) is 4.81. The van der Waals surface area contributed by atoms with Crippen molar-refractivity contribution in [2.45, 2.75) is 19.3 Å². The third-order valence-electron chi connectivity index (χ3n) is 3.70. The number of benzene rings is 1. The van der Waals surface area contributed by atoms with Crippen molar-refractivity contribution in [3.8, 4) is 11.5 Å². The SMILES string of the molecule is CON=C(CC(C)c1ccncc1)c1ccc(OC)cc1OC. The van der Waals surface area contributed by atoms with Gasteiger partial charge in [-0.25, -0.2) is 0 Å². The quantitative estimate of drug-likeness (QED) is 0.578. The fraction of sp³-hybridized carbons (Fsp3) is 0.333. The Morgan fingerprint density at radius 2 is 1.83 bits per heavy atom. The summed E-state index contributed by atoms with van der Waals surface area (Å²) in [6, 6.07) is 9.70. The van der Waals surface area contributed by atoms with Crippen molar-refractivity contribution < 1.29 is 14.3 Å². The van der Waals surface area contributed by atoms with Crippen LogP contribution in [0.2, 0.25) is 0 Å². The van der Waals surface area contributed by atoms with E-state index in [4.69, 9.17) is 14.3 Å². The molecule has 0 bridgehead atoms. The van der Waals surface area contributed by atoms with E-state index in [0.717, 1.165) is 23.4 Å². The predicted octanol–water partition coefficient (Wildman–Crippen LogP) is 3.64. The van der Waals surface area contributed by atoms with Crippen molar-refractivity contribution in [1.29, 1.82) is 0 Å². The molecule has 1 atom stereocenters. The molecule has 1 aromatic heterocycles. The molecule has 5 heteroatoms. The van der Waals surface area contributed by atoms with Crippen molar-refractivity contribution in [3.63, 3.8) is 0 Å². The van der Waals surface area contributed by atoms with Crippen LogP contribution in [-0.2, 0) is 4.84 Å². The van der Waals surface area contributed by atoms with Crippen molar-refractivity contribution >= 4 is 5.71 Å². The molecule has 0 spiro atoms. The van der Waals surface area contributed by atoms with Gasteiger partial charge in [0, 0.05) is 30.4 Å². The van der Waals surface area contributed by atoms with Gasteiger partial charge in [-0.05, 0) is 35.7 Å².